The van der Waals surface area contributed by atoms with Crippen LogP contribution in [0.3, 0.4) is 0 Å². The normalized spacial score (nSPS) is 20.1. The molecular formula is C16H24N2. The first-order valence-corrected chi connectivity index (χ1v) is 7.47. The van der Waals surface area contributed by atoms with E-state index >= 15 is 0 Å². The van der Waals surface area contributed by atoms with Crippen LogP contribution in [0.1, 0.15) is 37.7 Å². The number of nitrogens with zero attached hydrogens (tertiary/aromatic N) is 1. The predicted octanol–water partition coefficient (Wildman–Crippen LogP) is 3.18. The lowest BCUT2D eigenvalue weighted by molar-refractivity contribution is 0.573. The quantitative estimate of drug-likeness (QED) is 0.856. The summed E-state index contributed by atoms with van der Waals surface area (Å²) in [4.78, 5) is 2.57. The molecule has 0 amide bonds. The van der Waals surface area contributed by atoms with Gasteiger partial charge in [0.25, 0.3) is 0 Å². The molecular weight excluding hydrogens is 220 g/mol. The van der Waals surface area contributed by atoms with Crippen molar-refractivity contribution in [1.29, 1.82) is 0 Å². The molecule has 1 aromatic carbocycles. The number of para-hydroxylation sites is 1. The smallest absolute Gasteiger partial charge is 0.0411 e. The first-order chi connectivity index (χ1) is 8.93. The maximum Gasteiger partial charge on any atom is 0.0411 e. The highest BCUT2D eigenvalue weighted by molar-refractivity contribution is 5.53. The molecule has 3 rings (SSSR count). The second-order valence-electron chi connectivity index (χ2n) is 5.75. The highest BCUT2D eigenvalue weighted by Gasteiger charge is 2.20. The molecule has 1 aliphatic carbocycles. The van der Waals surface area contributed by atoms with Crippen molar-refractivity contribution in [1.82, 2.24) is 5.32 Å². The van der Waals surface area contributed by atoms with Crippen molar-refractivity contribution in [2.45, 2.75) is 38.6 Å². The molecule has 0 radical (unpaired) electrons. The van der Waals surface area contributed by atoms with Crippen molar-refractivity contribution in [2.24, 2.45) is 5.92 Å². The monoisotopic (exact) mass is 244 g/mol. The Balaban J connectivity index is 1.63. The molecule has 2 nitrogen and oxygen atoms in total. The Morgan fingerprint density at radius 2 is 1.83 bits per heavy atom. The van der Waals surface area contributed by atoms with Crippen LogP contribution < -0.4 is 10.2 Å². The number of piperidine rings is 1. The zero-order valence-corrected chi connectivity index (χ0v) is 11.2. The maximum atomic E-state index is 3.62. The van der Waals surface area contributed by atoms with E-state index in [0.717, 1.165) is 12.5 Å². The van der Waals surface area contributed by atoms with Gasteiger partial charge >= 0.3 is 0 Å². The van der Waals surface area contributed by atoms with E-state index in [1.54, 1.807) is 0 Å². The van der Waals surface area contributed by atoms with Gasteiger partial charge in [0.05, 0.1) is 0 Å². The molecule has 0 atom stereocenters. The van der Waals surface area contributed by atoms with E-state index in [4.69, 9.17) is 0 Å². The van der Waals surface area contributed by atoms with Gasteiger partial charge in [-0.15, -0.1) is 0 Å². The predicted molar refractivity (Wildman–Crippen MR) is 76.9 cm³/mol. The minimum absolute atomic E-state index is 0.965. The highest BCUT2D eigenvalue weighted by atomic mass is 15.1. The molecule has 2 fully saturated rings. The van der Waals surface area contributed by atoms with Gasteiger partial charge in [-0.3, -0.25) is 0 Å². The number of benzene rings is 1. The van der Waals surface area contributed by atoms with Gasteiger partial charge in [0.15, 0.2) is 0 Å². The van der Waals surface area contributed by atoms with E-state index < -0.39 is 0 Å². The number of anilines is 1. The summed E-state index contributed by atoms with van der Waals surface area (Å²) < 4.78 is 0. The lowest BCUT2D eigenvalue weighted by Crippen LogP contribution is -2.31. The minimum Gasteiger partial charge on any atom is -0.371 e. The Kier molecular flexibility index (Phi) is 3.84. The third kappa shape index (κ3) is 3.05. The van der Waals surface area contributed by atoms with Gasteiger partial charge in [0.1, 0.15) is 0 Å². The molecule has 0 bridgehead atoms. The van der Waals surface area contributed by atoms with E-state index in [0.29, 0.717) is 0 Å². The largest absolute Gasteiger partial charge is 0.371 e. The molecule has 98 valence electrons. The Bertz CT molecular complexity index is 378. The van der Waals surface area contributed by atoms with Crippen LogP contribution in [0.15, 0.2) is 24.3 Å². The molecule has 1 saturated carbocycles. The highest BCUT2D eigenvalue weighted by Crippen LogP contribution is 2.28. The van der Waals surface area contributed by atoms with Gasteiger partial charge in [-0.2, -0.15) is 0 Å². The third-order valence-electron chi connectivity index (χ3n) is 4.13. The van der Waals surface area contributed by atoms with Crippen LogP contribution in [0.4, 0.5) is 5.69 Å². The van der Waals surface area contributed by atoms with E-state index in [1.165, 1.54) is 63.0 Å². The Morgan fingerprint density at radius 3 is 2.61 bits per heavy atom. The summed E-state index contributed by atoms with van der Waals surface area (Å²) in [6.07, 6.45) is 6.97. The third-order valence-corrected chi connectivity index (χ3v) is 4.13. The van der Waals surface area contributed by atoms with Crippen LogP contribution in [0.25, 0.3) is 0 Å². The molecule has 1 saturated heterocycles. The summed E-state index contributed by atoms with van der Waals surface area (Å²) in [6, 6.07) is 8.92. The summed E-state index contributed by atoms with van der Waals surface area (Å²) in [5.74, 6) is 0.965. The number of hydrogen-bond donors (Lipinski definition) is 1. The van der Waals surface area contributed by atoms with E-state index in [-0.39, 0.29) is 0 Å². The lowest BCUT2D eigenvalue weighted by Gasteiger charge is -2.30. The van der Waals surface area contributed by atoms with Crippen molar-refractivity contribution < 1.29 is 0 Å². The molecule has 1 aromatic rings. The van der Waals surface area contributed by atoms with Crippen molar-refractivity contribution >= 4 is 5.69 Å². The molecule has 1 aliphatic heterocycles. The molecule has 1 N–H and O–H groups in total. The average Bonchev–Trinajstić information content (AvgIpc) is 3.25. The first-order valence-electron chi connectivity index (χ1n) is 7.47. The van der Waals surface area contributed by atoms with Crippen LogP contribution >= 0.6 is 0 Å². The molecule has 2 aliphatic rings. The summed E-state index contributed by atoms with van der Waals surface area (Å²) in [7, 11) is 0. The molecule has 0 spiro atoms. The van der Waals surface area contributed by atoms with Gasteiger partial charge < -0.3 is 10.2 Å². The summed E-state index contributed by atoms with van der Waals surface area (Å²) in [5, 5.41) is 3.62. The first kappa shape index (κ1) is 12.0. The van der Waals surface area contributed by atoms with Crippen LogP contribution in [-0.4, -0.2) is 19.6 Å². The zero-order valence-electron chi connectivity index (χ0n) is 11.2. The van der Waals surface area contributed by atoms with Crippen molar-refractivity contribution in [3.05, 3.63) is 29.8 Å². The van der Waals surface area contributed by atoms with Crippen LogP contribution in [0.2, 0.25) is 0 Å². The molecule has 2 heteroatoms. The van der Waals surface area contributed by atoms with E-state index in [9.17, 15) is 0 Å². The number of hydrogen-bond acceptors (Lipinski definition) is 2. The fraction of sp³-hybridized carbons (Fsp3) is 0.625. The van der Waals surface area contributed by atoms with Crippen molar-refractivity contribution in [3.8, 4) is 0 Å². The van der Waals surface area contributed by atoms with Gasteiger partial charge in [-0.05, 0) is 56.2 Å². The number of nitrogens with one attached hydrogen (secondary N) is 1. The molecule has 18 heavy (non-hydrogen) atoms. The van der Waals surface area contributed by atoms with Crippen LogP contribution in [0, 0.1) is 5.92 Å². The second-order valence-corrected chi connectivity index (χ2v) is 5.75. The Morgan fingerprint density at radius 1 is 1.06 bits per heavy atom. The fourth-order valence-electron chi connectivity index (χ4n) is 2.84. The fourth-order valence-corrected chi connectivity index (χ4v) is 2.84. The van der Waals surface area contributed by atoms with Crippen LogP contribution in [0.5, 0.6) is 0 Å². The Labute approximate surface area is 110 Å². The van der Waals surface area contributed by atoms with Crippen LogP contribution in [-0.2, 0) is 6.54 Å². The minimum atomic E-state index is 0.965. The summed E-state index contributed by atoms with van der Waals surface area (Å²) >= 11 is 0. The van der Waals surface area contributed by atoms with E-state index in [1.807, 2.05) is 0 Å². The standard InChI is InChI=1S/C16H24N2/c1-4-10-18(11-5-1)16-7-3-2-6-15(16)13-17-12-14-8-9-14/h2-3,6-7,14,17H,1,4-5,8-13H2. The van der Waals surface area contributed by atoms with E-state index in [2.05, 4.69) is 34.5 Å². The lowest BCUT2D eigenvalue weighted by atomic mass is 10.1. The molecule has 0 aromatic heterocycles. The topological polar surface area (TPSA) is 15.3 Å². The van der Waals surface area contributed by atoms with Gasteiger partial charge in [-0.1, -0.05) is 18.2 Å². The van der Waals surface area contributed by atoms with Crippen molar-refractivity contribution in [2.75, 3.05) is 24.5 Å². The summed E-state index contributed by atoms with van der Waals surface area (Å²) in [6.45, 7) is 4.71. The van der Waals surface area contributed by atoms with Gasteiger partial charge in [-0.25, -0.2) is 0 Å². The second kappa shape index (κ2) is 5.75. The zero-order chi connectivity index (χ0) is 12.2. The summed E-state index contributed by atoms with van der Waals surface area (Å²) in [5.41, 5.74) is 2.93. The maximum absolute atomic E-state index is 3.62. The van der Waals surface area contributed by atoms with Gasteiger partial charge in [0, 0.05) is 25.3 Å². The number of rotatable bonds is 5. The molecule has 1 heterocycles. The van der Waals surface area contributed by atoms with Gasteiger partial charge in [0.2, 0.25) is 0 Å². The Hall–Kier alpha value is -1.02. The molecule has 0 unspecified atom stereocenters. The SMILES string of the molecule is c1ccc(N2CCCCC2)c(CNCC2CC2)c1. The average molecular weight is 244 g/mol. The van der Waals surface area contributed by atoms with Crippen molar-refractivity contribution in [3.63, 3.8) is 0 Å².